The standard InChI is InChI=1S/C19H24O4/c1-12-6-8-15(9-7-12)10-11-16-19(4,18(21)22-5)17(20)13(2)14(3)23-16/h6-9,14,16H,2,10-11H2,1,3-5H3/t14-,16?,19-/m1/s1. The van der Waals surface area contributed by atoms with Crippen molar-refractivity contribution in [3.63, 3.8) is 0 Å². The lowest BCUT2D eigenvalue weighted by atomic mass is 9.72. The first kappa shape index (κ1) is 17.4. The van der Waals surface area contributed by atoms with E-state index in [0.29, 0.717) is 12.0 Å². The molecule has 0 aliphatic carbocycles. The van der Waals surface area contributed by atoms with Gasteiger partial charge >= 0.3 is 5.97 Å². The van der Waals surface area contributed by atoms with E-state index in [0.717, 1.165) is 12.0 Å². The summed E-state index contributed by atoms with van der Waals surface area (Å²) in [5.41, 5.74) is 1.34. The van der Waals surface area contributed by atoms with Crippen LogP contribution in [-0.2, 0) is 25.5 Å². The van der Waals surface area contributed by atoms with E-state index in [4.69, 9.17) is 9.47 Å². The highest BCUT2D eigenvalue weighted by molar-refractivity contribution is 6.13. The molecule has 1 aromatic rings. The SMILES string of the molecule is C=C1C(=O)[C@](C)(C(=O)OC)C(CCc2ccc(C)cc2)O[C@@H]1C. The van der Waals surface area contributed by atoms with Crippen LogP contribution in [0.3, 0.4) is 0 Å². The fraction of sp³-hybridized carbons (Fsp3) is 0.474. The molecule has 0 saturated carbocycles. The Kier molecular flexibility index (Phi) is 5.05. The van der Waals surface area contributed by atoms with Crippen molar-refractivity contribution in [3.05, 3.63) is 47.5 Å². The van der Waals surface area contributed by atoms with Gasteiger partial charge in [-0.3, -0.25) is 9.59 Å². The van der Waals surface area contributed by atoms with E-state index in [-0.39, 0.29) is 11.9 Å². The van der Waals surface area contributed by atoms with Gasteiger partial charge in [0.05, 0.1) is 19.3 Å². The number of hydrogen-bond donors (Lipinski definition) is 0. The van der Waals surface area contributed by atoms with Crippen molar-refractivity contribution in [2.45, 2.75) is 45.8 Å². The Hall–Kier alpha value is -1.94. The highest BCUT2D eigenvalue weighted by atomic mass is 16.5. The molecule has 0 N–H and O–H groups in total. The van der Waals surface area contributed by atoms with Gasteiger partial charge in [-0.25, -0.2) is 0 Å². The van der Waals surface area contributed by atoms with E-state index in [9.17, 15) is 9.59 Å². The number of methoxy groups -OCH3 is 1. The van der Waals surface area contributed by atoms with E-state index in [1.807, 2.05) is 19.1 Å². The topological polar surface area (TPSA) is 52.6 Å². The maximum Gasteiger partial charge on any atom is 0.322 e. The molecule has 1 unspecified atom stereocenters. The second-order valence-electron chi connectivity index (χ2n) is 6.34. The molecule has 1 heterocycles. The molecule has 124 valence electrons. The number of rotatable bonds is 4. The van der Waals surface area contributed by atoms with Crippen LogP contribution in [0.25, 0.3) is 0 Å². The van der Waals surface area contributed by atoms with Crippen molar-refractivity contribution in [1.29, 1.82) is 0 Å². The summed E-state index contributed by atoms with van der Waals surface area (Å²) in [7, 11) is 1.29. The number of carbonyl (C=O) groups is 2. The third kappa shape index (κ3) is 3.22. The number of Topliss-reactive ketones (excluding diaryl/α,β-unsaturated/α-hetero) is 1. The second kappa shape index (κ2) is 6.67. The Bertz CT molecular complexity index is 617. The average molecular weight is 316 g/mol. The normalized spacial score (nSPS) is 27.8. The molecule has 1 aromatic carbocycles. The van der Waals surface area contributed by atoms with Crippen LogP contribution in [0.5, 0.6) is 0 Å². The molecule has 23 heavy (non-hydrogen) atoms. The molecule has 1 saturated heterocycles. The smallest absolute Gasteiger partial charge is 0.322 e. The van der Waals surface area contributed by atoms with E-state index >= 15 is 0 Å². The van der Waals surface area contributed by atoms with Crippen LogP contribution in [0.1, 0.15) is 31.4 Å². The maximum atomic E-state index is 12.6. The first-order valence-electron chi connectivity index (χ1n) is 7.83. The van der Waals surface area contributed by atoms with Gasteiger partial charge in [-0.05, 0) is 39.2 Å². The third-order valence-corrected chi connectivity index (χ3v) is 4.69. The summed E-state index contributed by atoms with van der Waals surface area (Å²) in [6.07, 6.45) is 0.384. The zero-order valence-electron chi connectivity index (χ0n) is 14.2. The number of esters is 1. The molecule has 4 nitrogen and oxygen atoms in total. The minimum absolute atomic E-state index is 0.281. The number of carbonyl (C=O) groups excluding carboxylic acids is 2. The second-order valence-corrected chi connectivity index (χ2v) is 6.34. The van der Waals surface area contributed by atoms with Crippen LogP contribution < -0.4 is 0 Å². The third-order valence-electron chi connectivity index (χ3n) is 4.69. The fourth-order valence-corrected chi connectivity index (χ4v) is 2.97. The summed E-state index contributed by atoms with van der Waals surface area (Å²) >= 11 is 0. The summed E-state index contributed by atoms with van der Waals surface area (Å²) in [6, 6.07) is 8.20. The molecule has 0 bridgehead atoms. The summed E-state index contributed by atoms with van der Waals surface area (Å²) < 4.78 is 10.8. The molecule has 0 amide bonds. The average Bonchev–Trinajstić information content (AvgIpc) is 2.55. The zero-order chi connectivity index (χ0) is 17.2. The molecule has 4 heteroatoms. The summed E-state index contributed by atoms with van der Waals surface area (Å²) in [6.45, 7) is 9.19. The molecule has 1 aliphatic rings. The van der Waals surface area contributed by atoms with Crippen LogP contribution >= 0.6 is 0 Å². The molecule has 1 aliphatic heterocycles. The highest BCUT2D eigenvalue weighted by Crippen LogP contribution is 2.39. The lowest BCUT2D eigenvalue weighted by molar-refractivity contribution is -0.175. The van der Waals surface area contributed by atoms with Crippen LogP contribution in [-0.4, -0.2) is 31.1 Å². The first-order chi connectivity index (χ1) is 10.8. The predicted octanol–water partition coefficient (Wildman–Crippen LogP) is 3.02. The lowest BCUT2D eigenvalue weighted by Crippen LogP contribution is -2.55. The number of hydrogen-bond acceptors (Lipinski definition) is 4. The van der Waals surface area contributed by atoms with E-state index in [1.165, 1.54) is 12.7 Å². The van der Waals surface area contributed by atoms with Gasteiger partial charge in [0.15, 0.2) is 11.2 Å². The van der Waals surface area contributed by atoms with Crippen molar-refractivity contribution < 1.29 is 19.1 Å². The number of aryl methyl sites for hydroxylation is 2. The predicted molar refractivity (Wildman–Crippen MR) is 88.1 cm³/mol. The molecular formula is C19H24O4. The molecular weight excluding hydrogens is 292 g/mol. The summed E-state index contributed by atoms with van der Waals surface area (Å²) in [4.78, 5) is 24.9. The van der Waals surface area contributed by atoms with Crippen LogP contribution in [0.15, 0.2) is 36.4 Å². The number of ether oxygens (including phenoxy) is 2. The summed E-state index contributed by atoms with van der Waals surface area (Å²) in [5.74, 6) is -0.846. The molecule has 0 spiro atoms. The van der Waals surface area contributed by atoms with Gasteiger partial charge in [-0.1, -0.05) is 36.4 Å². The van der Waals surface area contributed by atoms with Gasteiger partial charge in [-0.15, -0.1) is 0 Å². The molecule has 0 aromatic heterocycles. The minimum atomic E-state index is -1.33. The Morgan fingerprint density at radius 2 is 1.96 bits per heavy atom. The Labute approximate surface area is 137 Å². The van der Waals surface area contributed by atoms with Crippen molar-refractivity contribution >= 4 is 11.8 Å². The number of ketones is 1. The largest absolute Gasteiger partial charge is 0.468 e. The van der Waals surface area contributed by atoms with Crippen LogP contribution in [0.4, 0.5) is 0 Å². The Balaban J connectivity index is 2.22. The first-order valence-corrected chi connectivity index (χ1v) is 7.83. The molecule has 0 radical (unpaired) electrons. The Morgan fingerprint density at radius 3 is 2.52 bits per heavy atom. The Morgan fingerprint density at radius 1 is 1.35 bits per heavy atom. The van der Waals surface area contributed by atoms with Crippen LogP contribution in [0.2, 0.25) is 0 Å². The monoisotopic (exact) mass is 316 g/mol. The zero-order valence-corrected chi connectivity index (χ0v) is 14.2. The van der Waals surface area contributed by atoms with E-state index in [2.05, 4.69) is 18.7 Å². The van der Waals surface area contributed by atoms with Crippen LogP contribution in [0, 0.1) is 12.3 Å². The molecule has 1 fully saturated rings. The maximum absolute atomic E-state index is 12.6. The minimum Gasteiger partial charge on any atom is -0.468 e. The lowest BCUT2D eigenvalue weighted by Gasteiger charge is -2.41. The van der Waals surface area contributed by atoms with Gasteiger partial charge < -0.3 is 9.47 Å². The quantitative estimate of drug-likeness (QED) is 0.487. The summed E-state index contributed by atoms with van der Waals surface area (Å²) in [5, 5.41) is 0. The van der Waals surface area contributed by atoms with Gasteiger partial charge in [0.2, 0.25) is 0 Å². The van der Waals surface area contributed by atoms with Gasteiger partial charge in [-0.2, -0.15) is 0 Å². The van der Waals surface area contributed by atoms with Crippen molar-refractivity contribution in [2.75, 3.05) is 7.11 Å². The van der Waals surface area contributed by atoms with E-state index < -0.39 is 17.5 Å². The molecule has 2 rings (SSSR count). The van der Waals surface area contributed by atoms with Gasteiger partial charge in [0.25, 0.3) is 0 Å². The molecule has 3 atom stereocenters. The fourth-order valence-electron chi connectivity index (χ4n) is 2.97. The van der Waals surface area contributed by atoms with Crippen molar-refractivity contribution in [1.82, 2.24) is 0 Å². The van der Waals surface area contributed by atoms with Gasteiger partial charge in [0, 0.05) is 5.57 Å². The van der Waals surface area contributed by atoms with E-state index in [1.54, 1.807) is 13.8 Å². The number of benzene rings is 1. The van der Waals surface area contributed by atoms with Crippen molar-refractivity contribution in [2.24, 2.45) is 5.41 Å². The van der Waals surface area contributed by atoms with Gasteiger partial charge in [0.1, 0.15) is 0 Å². The highest BCUT2D eigenvalue weighted by Gasteiger charge is 2.54. The van der Waals surface area contributed by atoms with Crippen molar-refractivity contribution in [3.8, 4) is 0 Å².